The summed E-state index contributed by atoms with van der Waals surface area (Å²) in [7, 11) is 0. The van der Waals surface area contributed by atoms with Crippen LogP contribution in [0.2, 0.25) is 0 Å². The van der Waals surface area contributed by atoms with Gasteiger partial charge in [-0.2, -0.15) is 17.2 Å². The van der Waals surface area contributed by atoms with E-state index in [0.29, 0.717) is 11.5 Å². The SMILES string of the molecule is CCCc1nn(-c2[c-]c(Oc3[c-]c4c(cc3)c3ccccc3n4-c3cc(C(C)(C)C)ccn3)ccc2)c(C(C)(C)C)c1-c1ccccc1.[Pd+2]. The summed E-state index contributed by atoms with van der Waals surface area (Å²) in [6.07, 6.45) is 3.80. The first-order chi connectivity index (χ1) is 23.0. The smallest absolute Gasteiger partial charge is 0.509 e. The van der Waals surface area contributed by atoms with Crippen molar-refractivity contribution in [2.75, 3.05) is 0 Å². The van der Waals surface area contributed by atoms with Crippen molar-refractivity contribution >= 4 is 21.8 Å². The molecule has 0 spiro atoms. The second-order valence-corrected chi connectivity index (χ2v) is 14.5. The van der Waals surface area contributed by atoms with Gasteiger partial charge in [0.15, 0.2) is 0 Å². The first-order valence-electron chi connectivity index (χ1n) is 16.8. The fourth-order valence-corrected chi connectivity index (χ4v) is 6.57. The van der Waals surface area contributed by atoms with Crippen LogP contribution in [0.15, 0.2) is 103 Å². The predicted octanol–water partition coefficient (Wildman–Crippen LogP) is 11.0. The van der Waals surface area contributed by atoms with Gasteiger partial charge >= 0.3 is 20.4 Å². The molecule has 0 radical (unpaired) electrons. The Hall–Kier alpha value is -4.50. The van der Waals surface area contributed by atoms with Crippen LogP contribution >= 0.6 is 0 Å². The molecule has 6 heteroatoms. The van der Waals surface area contributed by atoms with Gasteiger partial charge in [0.2, 0.25) is 0 Å². The van der Waals surface area contributed by atoms with E-state index in [1.165, 1.54) is 16.7 Å². The Balaban J connectivity index is 0.00000417. The summed E-state index contributed by atoms with van der Waals surface area (Å²) in [6.45, 7) is 15.6. The molecule has 0 aliphatic carbocycles. The number of hydrogen-bond donors (Lipinski definition) is 0. The molecule has 7 aromatic rings. The number of benzene rings is 4. The molecule has 7 rings (SSSR count). The number of hydrogen-bond acceptors (Lipinski definition) is 3. The van der Waals surface area contributed by atoms with E-state index in [9.17, 15) is 0 Å². The van der Waals surface area contributed by atoms with Crippen molar-refractivity contribution in [1.82, 2.24) is 19.3 Å². The molecule has 49 heavy (non-hydrogen) atoms. The van der Waals surface area contributed by atoms with Gasteiger partial charge in [0, 0.05) is 34.2 Å². The van der Waals surface area contributed by atoms with Crippen molar-refractivity contribution in [2.24, 2.45) is 0 Å². The zero-order valence-corrected chi connectivity index (χ0v) is 30.8. The van der Waals surface area contributed by atoms with E-state index in [2.05, 4.69) is 149 Å². The number of pyridine rings is 1. The molecular weight excluding hydrogens is 695 g/mol. The molecular formula is C43H42N4OPd. The number of aryl methyl sites for hydroxylation is 1. The van der Waals surface area contributed by atoms with Gasteiger partial charge in [-0.15, -0.1) is 35.7 Å². The second-order valence-electron chi connectivity index (χ2n) is 14.5. The second kappa shape index (κ2) is 13.4. The zero-order chi connectivity index (χ0) is 33.6. The number of para-hydroxylation sites is 1. The molecule has 0 bridgehead atoms. The summed E-state index contributed by atoms with van der Waals surface area (Å²) in [5, 5.41) is 7.46. The number of nitrogens with zero attached hydrogens (tertiary/aromatic N) is 4. The zero-order valence-electron chi connectivity index (χ0n) is 29.2. The number of aromatic nitrogens is 4. The van der Waals surface area contributed by atoms with Gasteiger partial charge in [-0.3, -0.25) is 4.68 Å². The molecule has 0 saturated carbocycles. The topological polar surface area (TPSA) is 44.9 Å². The van der Waals surface area contributed by atoms with Crippen LogP contribution in [0.1, 0.15) is 71.8 Å². The molecule has 3 aromatic heterocycles. The van der Waals surface area contributed by atoms with Crippen molar-refractivity contribution in [2.45, 2.75) is 72.1 Å². The Kier molecular flexibility index (Phi) is 9.42. The van der Waals surface area contributed by atoms with Crippen molar-refractivity contribution in [3.63, 3.8) is 0 Å². The minimum atomic E-state index is -0.167. The molecule has 3 heterocycles. The Morgan fingerprint density at radius 3 is 2.20 bits per heavy atom. The number of fused-ring (bicyclic) bond motifs is 3. The minimum Gasteiger partial charge on any atom is -0.509 e. The fraction of sp³-hybridized carbons (Fsp3) is 0.256. The molecule has 0 saturated heterocycles. The van der Waals surface area contributed by atoms with E-state index < -0.39 is 0 Å². The summed E-state index contributed by atoms with van der Waals surface area (Å²) in [6, 6.07) is 40.6. The van der Waals surface area contributed by atoms with Gasteiger partial charge in [-0.25, -0.2) is 4.98 Å². The fourth-order valence-electron chi connectivity index (χ4n) is 6.57. The molecule has 0 atom stereocenters. The van der Waals surface area contributed by atoms with E-state index >= 15 is 0 Å². The third kappa shape index (κ3) is 6.61. The monoisotopic (exact) mass is 736 g/mol. The normalized spacial score (nSPS) is 12.0. The van der Waals surface area contributed by atoms with E-state index in [-0.39, 0.29) is 31.3 Å². The number of ether oxygens (including phenoxy) is 1. The molecule has 0 amide bonds. The maximum atomic E-state index is 6.52. The average Bonchev–Trinajstić information content (AvgIpc) is 3.61. The Labute approximate surface area is 303 Å². The molecule has 5 nitrogen and oxygen atoms in total. The third-order valence-corrected chi connectivity index (χ3v) is 8.82. The third-order valence-electron chi connectivity index (χ3n) is 8.82. The molecule has 0 aliphatic heterocycles. The van der Waals surface area contributed by atoms with Gasteiger partial charge in [0.1, 0.15) is 5.82 Å². The molecule has 4 aromatic carbocycles. The Morgan fingerprint density at radius 1 is 0.735 bits per heavy atom. The maximum Gasteiger partial charge on any atom is 2.00 e. The van der Waals surface area contributed by atoms with Crippen LogP contribution in [0.3, 0.4) is 0 Å². The summed E-state index contributed by atoms with van der Waals surface area (Å²) in [4.78, 5) is 4.81. The van der Waals surface area contributed by atoms with Crippen LogP contribution in [-0.2, 0) is 37.7 Å². The Morgan fingerprint density at radius 2 is 1.47 bits per heavy atom. The minimum absolute atomic E-state index is 0. The van der Waals surface area contributed by atoms with Crippen molar-refractivity contribution in [3.8, 4) is 34.1 Å². The molecule has 0 N–H and O–H groups in total. The van der Waals surface area contributed by atoms with Crippen molar-refractivity contribution in [1.29, 1.82) is 0 Å². The van der Waals surface area contributed by atoms with Crippen molar-refractivity contribution in [3.05, 3.63) is 132 Å². The molecule has 250 valence electrons. The quantitative estimate of drug-likeness (QED) is 0.121. The van der Waals surface area contributed by atoms with Gasteiger partial charge < -0.3 is 9.30 Å². The van der Waals surface area contributed by atoms with Gasteiger partial charge in [0.05, 0.1) is 11.4 Å². The predicted molar refractivity (Wildman–Crippen MR) is 197 cm³/mol. The maximum absolute atomic E-state index is 6.52. The van der Waals surface area contributed by atoms with E-state index in [1.54, 1.807) is 0 Å². The van der Waals surface area contributed by atoms with Crippen LogP contribution in [0.5, 0.6) is 11.5 Å². The summed E-state index contributed by atoms with van der Waals surface area (Å²) >= 11 is 0. The first kappa shape index (κ1) is 34.4. The molecule has 0 unspecified atom stereocenters. The van der Waals surface area contributed by atoms with Crippen LogP contribution in [0, 0.1) is 12.1 Å². The van der Waals surface area contributed by atoms with Crippen molar-refractivity contribution < 1.29 is 25.2 Å². The average molecular weight is 737 g/mol. The number of rotatable bonds is 7. The van der Waals surface area contributed by atoms with Gasteiger partial charge in [-0.05, 0) is 52.2 Å². The molecule has 0 fully saturated rings. The largest absolute Gasteiger partial charge is 2.00 e. The van der Waals surface area contributed by atoms with Crippen LogP contribution < -0.4 is 4.74 Å². The summed E-state index contributed by atoms with van der Waals surface area (Å²) < 4.78 is 10.8. The van der Waals surface area contributed by atoms with Crippen LogP contribution in [0.4, 0.5) is 0 Å². The standard InChI is InChI=1S/C43H42N4O.Pd/c1-8-15-36-40(29-16-10-9-11-17-29)41(43(5,6)7)47(45-36)31-18-14-19-32(27-31)48-33-22-23-35-34-20-12-13-21-37(34)46(38(35)28-33)39-26-30(24-25-44-39)42(2,3)4;/h9-14,16-26H,8,15H2,1-7H3;/q-2;+2. The van der Waals surface area contributed by atoms with E-state index in [4.69, 9.17) is 14.8 Å². The molecule has 0 aliphatic rings. The van der Waals surface area contributed by atoms with Crippen LogP contribution in [0.25, 0.3) is 44.4 Å². The van der Waals surface area contributed by atoms with Crippen LogP contribution in [-0.4, -0.2) is 19.3 Å². The summed E-state index contributed by atoms with van der Waals surface area (Å²) in [5.41, 5.74) is 8.55. The Bertz CT molecular complexity index is 2250. The van der Waals surface area contributed by atoms with Gasteiger partial charge in [0.25, 0.3) is 0 Å². The first-order valence-corrected chi connectivity index (χ1v) is 16.8. The van der Waals surface area contributed by atoms with E-state index in [1.807, 2.05) is 24.4 Å². The van der Waals surface area contributed by atoms with Gasteiger partial charge in [-0.1, -0.05) is 109 Å². The summed E-state index contributed by atoms with van der Waals surface area (Å²) in [5.74, 6) is 2.08. The van der Waals surface area contributed by atoms with E-state index in [0.717, 1.165) is 57.5 Å².